The van der Waals surface area contributed by atoms with Gasteiger partial charge in [-0.3, -0.25) is 23.6 Å². The number of hydrogen-bond acceptors (Lipinski definition) is 19. The molecule has 2 amide bonds. The Hall–Kier alpha value is -2.10. The molecule has 12 N–H and O–H groups in total. The van der Waals surface area contributed by atoms with Gasteiger partial charge < -0.3 is 84.6 Å². The molecule has 2 saturated heterocycles. The molecule has 0 aliphatic carbocycles. The van der Waals surface area contributed by atoms with E-state index < -0.39 is 90.3 Å². The van der Waals surface area contributed by atoms with Crippen molar-refractivity contribution in [2.24, 2.45) is 15.6 Å². The molecule has 11 atom stereocenters. The van der Waals surface area contributed by atoms with Crippen molar-refractivity contribution in [1.29, 1.82) is 0 Å². The molecule has 0 aromatic heterocycles. The summed E-state index contributed by atoms with van der Waals surface area (Å²) in [6.45, 7) is 8.56. The zero-order chi connectivity index (χ0) is 47.5. The highest BCUT2D eigenvalue weighted by atomic mass is 31.2. The number of unbranched alkanes of at least 4 members (excludes halogenated alkanes) is 1. The number of rotatable bonds is 28. The minimum atomic E-state index is -4.88. The number of aliphatic hydroxyl groups is 6. The third-order valence-corrected chi connectivity index (χ3v) is 10.8. The first-order chi connectivity index (χ1) is 29.3. The first-order valence-corrected chi connectivity index (χ1v) is 23.6. The number of ether oxygens (including phenoxy) is 4. The molecule has 63 heavy (non-hydrogen) atoms. The van der Waals surface area contributed by atoms with Crippen LogP contribution in [0, 0.1) is 5.41 Å². The van der Waals surface area contributed by atoms with Crippen LogP contribution in [-0.2, 0) is 51.6 Å². The molecule has 27 heteroatoms. The van der Waals surface area contributed by atoms with Gasteiger partial charge in [0.05, 0.1) is 32.1 Å². The second-order valence-corrected chi connectivity index (χ2v) is 18.8. The maximum absolute atomic E-state index is 12.9. The SMILES string of the molecule is C/C(CCC(=O)N[C@@H](CCCCNC(=O)CC/C(C)=N/OCCO[C@H]1O[C@H](COP(=O)(O)O)[C@@H](O)[C@H](O)[C@@H]1O)C(C)(C)C)=N/CCCO[C@H]1O[C@H](COP(=O)(O)O)[C@@H](O)[C@H](O)[C@@H]1O. The fourth-order valence-electron chi connectivity index (χ4n) is 6.11. The fourth-order valence-corrected chi connectivity index (χ4v) is 6.79. The van der Waals surface area contributed by atoms with Crippen molar-refractivity contribution >= 4 is 38.9 Å². The summed E-state index contributed by atoms with van der Waals surface area (Å²) in [5.74, 6) is -0.310. The van der Waals surface area contributed by atoms with Gasteiger partial charge >= 0.3 is 15.6 Å². The lowest BCUT2D eigenvalue weighted by molar-refractivity contribution is -0.301. The Labute approximate surface area is 366 Å². The van der Waals surface area contributed by atoms with Gasteiger partial charge in [-0.15, -0.1) is 0 Å². The lowest BCUT2D eigenvalue weighted by Crippen LogP contribution is -2.59. The fraction of sp³-hybridized carbons (Fsp3) is 0.889. The lowest BCUT2D eigenvalue weighted by Gasteiger charge is -2.40. The average molecular weight is 955 g/mol. The van der Waals surface area contributed by atoms with Crippen molar-refractivity contribution in [2.75, 3.05) is 46.1 Å². The molecular formula is C36H68N4O21P2. The van der Waals surface area contributed by atoms with E-state index >= 15 is 0 Å². The van der Waals surface area contributed by atoms with Gasteiger partial charge in [-0.2, -0.15) is 0 Å². The number of hydrogen-bond donors (Lipinski definition) is 12. The summed E-state index contributed by atoms with van der Waals surface area (Å²) in [7, 11) is -9.74. The van der Waals surface area contributed by atoms with Gasteiger partial charge in [0, 0.05) is 37.7 Å². The summed E-state index contributed by atoms with van der Waals surface area (Å²) >= 11 is 0. The van der Waals surface area contributed by atoms with Gasteiger partial charge in [0.2, 0.25) is 11.8 Å². The van der Waals surface area contributed by atoms with E-state index in [2.05, 4.69) is 29.8 Å². The highest BCUT2D eigenvalue weighted by Gasteiger charge is 2.46. The number of amides is 2. The van der Waals surface area contributed by atoms with E-state index in [0.29, 0.717) is 50.9 Å². The van der Waals surface area contributed by atoms with E-state index in [4.69, 9.17) is 43.4 Å². The predicted octanol–water partition coefficient (Wildman–Crippen LogP) is -1.53. The number of nitrogens with one attached hydrogen (secondary N) is 2. The largest absolute Gasteiger partial charge is 0.469 e. The predicted molar refractivity (Wildman–Crippen MR) is 220 cm³/mol. The first kappa shape index (κ1) is 57.0. The smallest absolute Gasteiger partial charge is 0.393 e. The third-order valence-electron chi connectivity index (χ3n) is 9.84. The van der Waals surface area contributed by atoms with Crippen molar-refractivity contribution < 1.29 is 102 Å². The molecule has 0 radical (unpaired) electrons. The summed E-state index contributed by atoms with van der Waals surface area (Å²) < 4.78 is 52.0. The maximum Gasteiger partial charge on any atom is 0.469 e. The van der Waals surface area contributed by atoms with Crippen LogP contribution in [-0.4, -0.2) is 187 Å². The zero-order valence-electron chi connectivity index (χ0n) is 36.2. The van der Waals surface area contributed by atoms with Crippen molar-refractivity contribution in [2.45, 2.75) is 153 Å². The van der Waals surface area contributed by atoms with E-state index in [-0.39, 0.29) is 55.9 Å². The number of nitrogens with zero attached hydrogens (tertiary/aromatic N) is 2. The molecule has 2 heterocycles. The van der Waals surface area contributed by atoms with Crippen LogP contribution < -0.4 is 10.6 Å². The van der Waals surface area contributed by atoms with Gasteiger partial charge in [-0.25, -0.2) is 9.13 Å². The summed E-state index contributed by atoms with van der Waals surface area (Å²) in [5.41, 5.74) is 1.03. The first-order valence-electron chi connectivity index (χ1n) is 20.5. The number of phosphoric ester groups is 2. The Balaban J connectivity index is 1.62. The number of carbonyl (C=O) groups is 2. The molecule has 0 aromatic carbocycles. The number of aliphatic imine (C=N–C) groups is 1. The van der Waals surface area contributed by atoms with E-state index in [0.717, 1.165) is 12.1 Å². The Bertz CT molecular complexity index is 1540. The van der Waals surface area contributed by atoms with Crippen LogP contribution in [0.25, 0.3) is 0 Å². The maximum atomic E-state index is 12.9. The zero-order valence-corrected chi connectivity index (χ0v) is 38.0. The summed E-state index contributed by atoms with van der Waals surface area (Å²) in [5, 5.41) is 70.4. The topological polar surface area (TPSA) is 384 Å². The summed E-state index contributed by atoms with van der Waals surface area (Å²) in [4.78, 5) is 70.4. The van der Waals surface area contributed by atoms with E-state index in [9.17, 15) is 49.4 Å². The van der Waals surface area contributed by atoms with Crippen molar-refractivity contribution in [3.63, 3.8) is 0 Å². The number of phosphoric acid groups is 2. The molecule has 0 bridgehead atoms. The number of aliphatic hydroxyl groups excluding tert-OH is 6. The number of oxime groups is 1. The third kappa shape index (κ3) is 22.8. The quantitative estimate of drug-likeness (QED) is 0.0183. The minimum absolute atomic E-state index is 0.0389. The van der Waals surface area contributed by atoms with Crippen LogP contribution in [0.3, 0.4) is 0 Å². The number of carbonyl (C=O) groups excluding carboxylic acids is 2. The summed E-state index contributed by atoms with van der Waals surface area (Å²) in [6, 6.07) is -0.119. The van der Waals surface area contributed by atoms with Crippen molar-refractivity contribution in [1.82, 2.24) is 10.6 Å². The monoisotopic (exact) mass is 954 g/mol. The molecule has 0 saturated carbocycles. The molecule has 25 nitrogen and oxygen atoms in total. The van der Waals surface area contributed by atoms with E-state index in [1.54, 1.807) is 13.8 Å². The van der Waals surface area contributed by atoms with Gasteiger partial charge in [0.25, 0.3) is 0 Å². The summed E-state index contributed by atoms with van der Waals surface area (Å²) in [6.07, 6.45) is -12.0. The molecule has 368 valence electrons. The lowest BCUT2D eigenvalue weighted by atomic mass is 9.83. The molecule has 2 rings (SSSR count). The molecule has 2 fully saturated rings. The van der Waals surface area contributed by atoms with Crippen molar-refractivity contribution in [3.8, 4) is 0 Å². The van der Waals surface area contributed by atoms with Gasteiger partial charge in [0.1, 0.15) is 55.4 Å². The van der Waals surface area contributed by atoms with Crippen LogP contribution in [0.5, 0.6) is 0 Å². The Morgan fingerprint density at radius 3 is 1.70 bits per heavy atom. The molecular weight excluding hydrogens is 886 g/mol. The molecule has 0 spiro atoms. The second kappa shape index (κ2) is 27.5. The molecule has 0 unspecified atom stereocenters. The normalized spacial score (nSPS) is 28.1. The minimum Gasteiger partial charge on any atom is -0.393 e. The van der Waals surface area contributed by atoms with Crippen LogP contribution in [0.4, 0.5) is 0 Å². The van der Waals surface area contributed by atoms with Crippen LogP contribution >= 0.6 is 15.6 Å². The Kier molecular flexibility index (Phi) is 24.9. The van der Waals surface area contributed by atoms with Crippen molar-refractivity contribution in [3.05, 3.63) is 0 Å². The molecule has 2 aliphatic rings. The standard InChI is InChI=1S/C36H68N4O21P2/c1-21(37-15-8-16-55-34-32(47)30(45)28(43)23(60-34)19-58-62(49,50)51)10-13-27(42)39-25(36(3,4)5)9-6-7-14-38-26(41)12-11-22(2)40-57-18-17-56-35-33(48)31(46)29(44)24(61-35)20-59-63(52,53)54/h23-25,28-35,43-48H,6-20H2,1-5H3,(H,38,41)(H,39,42)(H2,49,50,51)(H2,52,53,54)/b37-21-,40-22+/t23-,24-,25+,28-,29-,30+,31+,32+,33+,34+,35+/m1/s1. The second-order valence-electron chi connectivity index (χ2n) is 16.3. The van der Waals surface area contributed by atoms with Gasteiger partial charge in [0.15, 0.2) is 12.6 Å². The Morgan fingerprint density at radius 1 is 0.667 bits per heavy atom. The van der Waals surface area contributed by atoms with Crippen LogP contribution in [0.1, 0.15) is 86.0 Å². The van der Waals surface area contributed by atoms with Gasteiger partial charge in [-0.05, 0) is 57.8 Å². The van der Waals surface area contributed by atoms with Gasteiger partial charge in [-0.1, -0.05) is 25.9 Å². The highest BCUT2D eigenvalue weighted by Crippen LogP contribution is 2.38. The highest BCUT2D eigenvalue weighted by molar-refractivity contribution is 7.46. The Morgan fingerprint density at radius 2 is 1.17 bits per heavy atom. The van der Waals surface area contributed by atoms with E-state index in [1.807, 2.05) is 20.8 Å². The average Bonchev–Trinajstić information content (AvgIpc) is 3.19. The van der Waals surface area contributed by atoms with E-state index in [1.165, 1.54) is 0 Å². The molecule has 2 aliphatic heterocycles. The molecule has 0 aromatic rings. The van der Waals surface area contributed by atoms with Crippen LogP contribution in [0.2, 0.25) is 0 Å². The van der Waals surface area contributed by atoms with Crippen LogP contribution in [0.15, 0.2) is 10.1 Å².